The molecule has 122 valence electrons. The zero-order valence-electron chi connectivity index (χ0n) is 13.4. The predicted octanol–water partition coefficient (Wildman–Crippen LogP) is 1.93. The lowest BCUT2D eigenvalue weighted by Crippen LogP contribution is -2.39. The molecule has 1 unspecified atom stereocenters. The number of aliphatic imine (C=N–C) groups is 1. The van der Waals surface area contributed by atoms with E-state index in [1.54, 1.807) is 23.4 Å². The van der Waals surface area contributed by atoms with Gasteiger partial charge in [-0.05, 0) is 18.6 Å². The molecule has 1 atom stereocenters. The lowest BCUT2D eigenvalue weighted by molar-refractivity contribution is -0.170. The van der Waals surface area contributed by atoms with Crippen molar-refractivity contribution in [2.24, 2.45) is 4.99 Å². The standard InChI is InChI=1S/C15H22ClN3O3/c1-19(2)11-18-13-8-14(22-7-5-6-16)15(20-3,21-4)9-12(13)10-17/h8-9,11,13H,5-7H2,1-4H3. The van der Waals surface area contributed by atoms with E-state index in [2.05, 4.69) is 11.1 Å². The summed E-state index contributed by atoms with van der Waals surface area (Å²) in [5, 5.41) is 9.35. The van der Waals surface area contributed by atoms with Gasteiger partial charge in [-0.3, -0.25) is 4.99 Å². The highest BCUT2D eigenvalue weighted by molar-refractivity contribution is 6.17. The number of nitrogens with zero attached hydrogens (tertiary/aromatic N) is 3. The first-order chi connectivity index (χ1) is 10.5. The lowest BCUT2D eigenvalue weighted by Gasteiger charge is -2.34. The number of methoxy groups -OCH3 is 2. The van der Waals surface area contributed by atoms with E-state index in [1.807, 2.05) is 14.1 Å². The van der Waals surface area contributed by atoms with Crippen molar-refractivity contribution in [3.05, 3.63) is 23.5 Å². The van der Waals surface area contributed by atoms with E-state index in [4.69, 9.17) is 25.8 Å². The maximum Gasteiger partial charge on any atom is 0.248 e. The van der Waals surface area contributed by atoms with Gasteiger partial charge in [-0.15, -0.1) is 11.6 Å². The average molecular weight is 328 g/mol. The molecule has 1 rings (SSSR count). The van der Waals surface area contributed by atoms with Crippen LogP contribution in [0.15, 0.2) is 28.5 Å². The topological polar surface area (TPSA) is 67.1 Å². The minimum Gasteiger partial charge on any atom is -0.492 e. The van der Waals surface area contributed by atoms with Gasteiger partial charge >= 0.3 is 0 Å². The highest BCUT2D eigenvalue weighted by Crippen LogP contribution is 2.33. The molecule has 1 aliphatic carbocycles. The predicted molar refractivity (Wildman–Crippen MR) is 85.8 cm³/mol. The first-order valence-electron chi connectivity index (χ1n) is 6.87. The summed E-state index contributed by atoms with van der Waals surface area (Å²) < 4.78 is 16.6. The van der Waals surface area contributed by atoms with Crippen LogP contribution in [0.25, 0.3) is 0 Å². The van der Waals surface area contributed by atoms with Gasteiger partial charge in [0.05, 0.1) is 24.6 Å². The van der Waals surface area contributed by atoms with Crippen LogP contribution in [0.4, 0.5) is 0 Å². The molecule has 0 saturated heterocycles. The van der Waals surface area contributed by atoms with Gasteiger partial charge in [-0.25, -0.2) is 0 Å². The molecule has 0 radical (unpaired) electrons. The van der Waals surface area contributed by atoms with Crippen molar-refractivity contribution in [3.8, 4) is 6.07 Å². The van der Waals surface area contributed by atoms with Gasteiger partial charge in [-0.1, -0.05) is 0 Å². The molecule has 0 spiro atoms. The molecule has 0 aromatic heterocycles. The molecular formula is C15H22ClN3O3. The van der Waals surface area contributed by atoms with E-state index < -0.39 is 11.8 Å². The molecule has 0 aliphatic heterocycles. The first-order valence-corrected chi connectivity index (χ1v) is 7.40. The van der Waals surface area contributed by atoms with Crippen LogP contribution in [-0.4, -0.2) is 63.9 Å². The van der Waals surface area contributed by atoms with E-state index in [1.165, 1.54) is 14.2 Å². The highest BCUT2D eigenvalue weighted by Gasteiger charge is 2.40. The third-order valence-corrected chi connectivity index (χ3v) is 3.31. The molecular weight excluding hydrogens is 306 g/mol. The summed E-state index contributed by atoms with van der Waals surface area (Å²) in [5.74, 6) is -0.231. The summed E-state index contributed by atoms with van der Waals surface area (Å²) in [7, 11) is 6.71. The summed E-state index contributed by atoms with van der Waals surface area (Å²) in [5.41, 5.74) is 0.437. The normalized spacial score (nSPS) is 20.3. The monoisotopic (exact) mass is 327 g/mol. The van der Waals surface area contributed by atoms with Crippen molar-refractivity contribution in [2.45, 2.75) is 18.2 Å². The maximum atomic E-state index is 9.35. The molecule has 0 N–H and O–H groups in total. The van der Waals surface area contributed by atoms with Crippen molar-refractivity contribution in [1.29, 1.82) is 5.26 Å². The Morgan fingerprint density at radius 3 is 2.64 bits per heavy atom. The summed E-state index contributed by atoms with van der Waals surface area (Å²) in [4.78, 5) is 6.16. The van der Waals surface area contributed by atoms with E-state index in [-0.39, 0.29) is 0 Å². The Morgan fingerprint density at radius 2 is 2.14 bits per heavy atom. The molecule has 6 nitrogen and oxygen atoms in total. The SMILES string of the molecule is COC1(OC)C=C(C#N)C(N=CN(C)C)C=C1OCCCCl. The molecule has 0 heterocycles. The smallest absolute Gasteiger partial charge is 0.248 e. The third-order valence-electron chi connectivity index (χ3n) is 3.05. The molecule has 0 aromatic rings. The summed E-state index contributed by atoms with van der Waals surface area (Å²) in [6, 6.07) is 1.70. The van der Waals surface area contributed by atoms with Crippen molar-refractivity contribution in [2.75, 3.05) is 40.8 Å². The van der Waals surface area contributed by atoms with Crippen molar-refractivity contribution < 1.29 is 14.2 Å². The van der Waals surface area contributed by atoms with E-state index >= 15 is 0 Å². The fraction of sp³-hybridized carbons (Fsp3) is 0.600. The average Bonchev–Trinajstić information content (AvgIpc) is 2.53. The minimum absolute atomic E-state index is 0.433. The van der Waals surface area contributed by atoms with Crippen LogP contribution in [0.5, 0.6) is 0 Å². The second-order valence-corrected chi connectivity index (χ2v) is 5.26. The number of hydrogen-bond donors (Lipinski definition) is 0. The Morgan fingerprint density at radius 1 is 1.45 bits per heavy atom. The summed E-state index contributed by atoms with van der Waals surface area (Å²) in [6.07, 6.45) is 5.68. The number of nitriles is 1. The molecule has 0 fully saturated rings. The Balaban J connectivity index is 3.12. The van der Waals surface area contributed by atoms with Gasteiger partial charge in [0.2, 0.25) is 5.79 Å². The van der Waals surface area contributed by atoms with Crippen LogP contribution in [0.3, 0.4) is 0 Å². The van der Waals surface area contributed by atoms with Crippen molar-refractivity contribution in [1.82, 2.24) is 4.90 Å². The number of halogens is 1. The van der Waals surface area contributed by atoms with Gasteiger partial charge in [-0.2, -0.15) is 5.26 Å². The van der Waals surface area contributed by atoms with Crippen LogP contribution in [0, 0.1) is 11.3 Å². The van der Waals surface area contributed by atoms with Gasteiger partial charge in [0.25, 0.3) is 0 Å². The Kier molecular flexibility index (Phi) is 7.39. The largest absolute Gasteiger partial charge is 0.492 e. The molecule has 1 aliphatic rings. The third kappa shape index (κ3) is 4.47. The zero-order valence-corrected chi connectivity index (χ0v) is 14.1. The van der Waals surface area contributed by atoms with Crippen LogP contribution >= 0.6 is 11.6 Å². The molecule has 0 aromatic carbocycles. The highest BCUT2D eigenvalue weighted by atomic mass is 35.5. The van der Waals surface area contributed by atoms with Crippen LogP contribution in [0.1, 0.15) is 6.42 Å². The first kappa shape index (κ1) is 18.5. The second kappa shape index (κ2) is 8.79. The van der Waals surface area contributed by atoms with E-state index in [0.717, 1.165) is 0 Å². The number of hydrogen-bond acceptors (Lipinski definition) is 5. The fourth-order valence-corrected chi connectivity index (χ4v) is 2.03. The minimum atomic E-state index is -1.21. The quantitative estimate of drug-likeness (QED) is 0.224. The van der Waals surface area contributed by atoms with Crippen molar-refractivity contribution in [3.63, 3.8) is 0 Å². The number of alkyl halides is 1. The molecule has 7 heteroatoms. The fourth-order valence-electron chi connectivity index (χ4n) is 1.93. The number of ether oxygens (including phenoxy) is 3. The summed E-state index contributed by atoms with van der Waals surface area (Å²) >= 11 is 5.67. The summed E-state index contributed by atoms with van der Waals surface area (Å²) in [6.45, 7) is 0.434. The number of rotatable bonds is 8. The second-order valence-electron chi connectivity index (χ2n) is 4.88. The van der Waals surface area contributed by atoms with Crippen LogP contribution in [0.2, 0.25) is 0 Å². The van der Waals surface area contributed by atoms with Gasteiger partial charge in [0.1, 0.15) is 6.04 Å². The van der Waals surface area contributed by atoms with Crippen molar-refractivity contribution >= 4 is 17.9 Å². The zero-order chi connectivity index (χ0) is 16.6. The van der Waals surface area contributed by atoms with Gasteiger partial charge < -0.3 is 19.1 Å². The Labute approximate surface area is 136 Å². The van der Waals surface area contributed by atoms with Crippen LogP contribution in [-0.2, 0) is 14.2 Å². The van der Waals surface area contributed by atoms with Gasteiger partial charge in [0, 0.05) is 34.2 Å². The Hall–Kier alpha value is -1.55. The van der Waals surface area contributed by atoms with E-state index in [9.17, 15) is 5.26 Å². The van der Waals surface area contributed by atoms with E-state index in [0.29, 0.717) is 30.2 Å². The maximum absolute atomic E-state index is 9.35. The van der Waals surface area contributed by atoms with Crippen LogP contribution < -0.4 is 0 Å². The molecule has 0 bridgehead atoms. The van der Waals surface area contributed by atoms with Gasteiger partial charge in [0.15, 0.2) is 5.76 Å². The lowest BCUT2D eigenvalue weighted by atomic mass is 9.96. The molecule has 22 heavy (non-hydrogen) atoms. The molecule has 0 saturated carbocycles. The molecule has 0 amide bonds. The Bertz CT molecular complexity index is 491.